The highest BCUT2D eigenvalue weighted by molar-refractivity contribution is 14.0. The van der Waals surface area contributed by atoms with Crippen LogP contribution in [0.5, 0.6) is 0 Å². The molecule has 0 aliphatic heterocycles. The zero-order valence-electron chi connectivity index (χ0n) is 13.4. The van der Waals surface area contributed by atoms with Gasteiger partial charge in [-0.25, -0.2) is 0 Å². The molecule has 4 nitrogen and oxygen atoms in total. The maximum atomic E-state index is 10.2. The van der Waals surface area contributed by atoms with Crippen LogP contribution < -0.4 is 10.6 Å². The van der Waals surface area contributed by atoms with Gasteiger partial charge in [-0.3, -0.25) is 4.99 Å². The first kappa shape index (κ1) is 19.0. The van der Waals surface area contributed by atoms with Crippen molar-refractivity contribution in [2.45, 2.75) is 43.1 Å². The summed E-state index contributed by atoms with van der Waals surface area (Å²) >= 11 is 3.55. The molecule has 0 spiro atoms. The van der Waals surface area contributed by atoms with E-state index in [9.17, 15) is 5.11 Å². The van der Waals surface area contributed by atoms with Crippen molar-refractivity contribution in [3.05, 3.63) is 34.3 Å². The normalized spacial score (nSPS) is 20.9. The van der Waals surface area contributed by atoms with Gasteiger partial charge in [0.1, 0.15) is 0 Å². The number of nitrogens with zero attached hydrogens (tertiary/aromatic N) is 1. The van der Waals surface area contributed by atoms with E-state index in [1.54, 1.807) is 7.05 Å². The Bertz CT molecular complexity index is 571. The van der Waals surface area contributed by atoms with Crippen molar-refractivity contribution in [2.75, 3.05) is 20.1 Å². The molecule has 2 aliphatic rings. The highest BCUT2D eigenvalue weighted by Crippen LogP contribution is 2.48. The number of benzene rings is 1. The van der Waals surface area contributed by atoms with E-state index in [0.29, 0.717) is 6.54 Å². The Labute approximate surface area is 163 Å². The van der Waals surface area contributed by atoms with Crippen LogP contribution in [-0.4, -0.2) is 36.8 Å². The molecular formula is C17H25BrIN3O. The zero-order valence-corrected chi connectivity index (χ0v) is 17.4. The molecule has 2 saturated carbocycles. The number of rotatable bonds is 5. The van der Waals surface area contributed by atoms with Crippen LogP contribution in [0.25, 0.3) is 0 Å². The Kier molecular flexibility index (Phi) is 6.35. The van der Waals surface area contributed by atoms with E-state index in [1.807, 2.05) is 0 Å². The third kappa shape index (κ3) is 4.60. The van der Waals surface area contributed by atoms with Gasteiger partial charge in [0.15, 0.2) is 5.96 Å². The van der Waals surface area contributed by atoms with E-state index in [2.05, 4.69) is 55.8 Å². The molecule has 6 heteroatoms. The molecule has 3 rings (SSSR count). The lowest BCUT2D eigenvalue weighted by molar-refractivity contribution is -0.0279. The molecule has 0 saturated heterocycles. The molecule has 0 atom stereocenters. The molecule has 2 aliphatic carbocycles. The van der Waals surface area contributed by atoms with Crippen molar-refractivity contribution in [3.8, 4) is 0 Å². The van der Waals surface area contributed by atoms with E-state index < -0.39 is 5.60 Å². The van der Waals surface area contributed by atoms with Crippen LogP contribution in [0.2, 0.25) is 0 Å². The Balaban J connectivity index is 0.00000192. The summed E-state index contributed by atoms with van der Waals surface area (Å²) in [7, 11) is 1.78. The predicted molar refractivity (Wildman–Crippen MR) is 109 cm³/mol. The van der Waals surface area contributed by atoms with E-state index in [-0.39, 0.29) is 29.4 Å². The number of nitrogens with one attached hydrogen (secondary N) is 2. The van der Waals surface area contributed by atoms with Crippen molar-refractivity contribution in [1.29, 1.82) is 0 Å². The fourth-order valence-electron chi connectivity index (χ4n) is 3.02. The summed E-state index contributed by atoms with van der Waals surface area (Å²) in [6.45, 7) is 1.46. The molecule has 128 valence electrons. The lowest BCUT2D eigenvalue weighted by Crippen LogP contribution is -2.51. The van der Waals surface area contributed by atoms with Gasteiger partial charge in [-0.05, 0) is 49.8 Å². The summed E-state index contributed by atoms with van der Waals surface area (Å²) in [4.78, 5) is 4.27. The van der Waals surface area contributed by atoms with Crippen LogP contribution in [0.15, 0.2) is 33.7 Å². The summed E-state index contributed by atoms with van der Waals surface area (Å²) < 4.78 is 1.13. The maximum Gasteiger partial charge on any atom is 0.191 e. The van der Waals surface area contributed by atoms with Crippen molar-refractivity contribution in [3.63, 3.8) is 0 Å². The SMILES string of the molecule is CN=C(NCC1(O)CCC1)NCC1(c2cccc(Br)c2)CC1.I. The summed E-state index contributed by atoms with van der Waals surface area (Å²) in [5.74, 6) is 0.779. The maximum absolute atomic E-state index is 10.2. The first-order chi connectivity index (χ1) is 10.6. The standard InChI is InChI=1S/C17H24BrN3O.HI/c1-19-15(21-12-17(22)6-3-7-17)20-11-16(8-9-16)13-4-2-5-14(18)10-13;/h2,4-5,10,22H,3,6-9,11-12H2,1H3,(H2,19,20,21);1H. The largest absolute Gasteiger partial charge is 0.388 e. The number of halogens is 2. The van der Waals surface area contributed by atoms with Crippen LogP contribution in [-0.2, 0) is 5.41 Å². The van der Waals surface area contributed by atoms with Crippen molar-refractivity contribution < 1.29 is 5.11 Å². The second kappa shape index (κ2) is 7.70. The molecule has 23 heavy (non-hydrogen) atoms. The fourth-order valence-corrected chi connectivity index (χ4v) is 3.42. The van der Waals surface area contributed by atoms with Crippen LogP contribution >= 0.6 is 39.9 Å². The second-order valence-corrected chi connectivity index (χ2v) is 7.56. The quantitative estimate of drug-likeness (QED) is 0.335. The molecule has 0 amide bonds. The predicted octanol–water partition coefficient (Wildman–Crippen LogP) is 3.18. The summed E-state index contributed by atoms with van der Waals surface area (Å²) in [6, 6.07) is 8.57. The molecule has 0 unspecified atom stereocenters. The average Bonchev–Trinajstić information content (AvgIpc) is 3.27. The molecular weight excluding hydrogens is 469 g/mol. The minimum Gasteiger partial charge on any atom is -0.388 e. The lowest BCUT2D eigenvalue weighted by Gasteiger charge is -2.37. The summed E-state index contributed by atoms with van der Waals surface area (Å²) in [6.07, 6.45) is 5.31. The molecule has 1 aromatic rings. The van der Waals surface area contributed by atoms with Gasteiger partial charge in [0, 0.05) is 30.0 Å². The van der Waals surface area contributed by atoms with Crippen LogP contribution in [0, 0.1) is 0 Å². The average molecular weight is 494 g/mol. The molecule has 1 aromatic carbocycles. The topological polar surface area (TPSA) is 56.7 Å². The minimum absolute atomic E-state index is 0. The van der Waals surface area contributed by atoms with Gasteiger partial charge in [-0.2, -0.15) is 0 Å². The second-order valence-electron chi connectivity index (χ2n) is 6.65. The minimum atomic E-state index is -0.529. The highest BCUT2D eigenvalue weighted by atomic mass is 127. The van der Waals surface area contributed by atoms with Gasteiger partial charge < -0.3 is 15.7 Å². The summed E-state index contributed by atoms with van der Waals surface area (Å²) in [5, 5.41) is 16.8. The van der Waals surface area contributed by atoms with Gasteiger partial charge in [0.05, 0.1) is 5.60 Å². The van der Waals surface area contributed by atoms with Gasteiger partial charge in [-0.1, -0.05) is 28.1 Å². The highest BCUT2D eigenvalue weighted by Gasteiger charge is 2.44. The Morgan fingerprint density at radius 1 is 1.22 bits per heavy atom. The smallest absolute Gasteiger partial charge is 0.191 e. The van der Waals surface area contributed by atoms with Crippen LogP contribution in [0.4, 0.5) is 0 Å². The van der Waals surface area contributed by atoms with E-state index in [0.717, 1.165) is 36.2 Å². The Hall–Kier alpha value is -0.340. The monoisotopic (exact) mass is 493 g/mol. The molecule has 0 bridgehead atoms. The number of aliphatic hydroxyl groups is 1. The Morgan fingerprint density at radius 2 is 1.91 bits per heavy atom. The third-order valence-electron chi connectivity index (χ3n) is 4.98. The Morgan fingerprint density at radius 3 is 2.43 bits per heavy atom. The first-order valence-corrected chi connectivity index (χ1v) is 8.78. The fraction of sp³-hybridized carbons (Fsp3) is 0.588. The van der Waals surface area contributed by atoms with Gasteiger partial charge >= 0.3 is 0 Å². The van der Waals surface area contributed by atoms with E-state index >= 15 is 0 Å². The summed E-state index contributed by atoms with van der Waals surface area (Å²) in [5.41, 5.74) is 1.08. The van der Waals surface area contributed by atoms with Crippen LogP contribution in [0.3, 0.4) is 0 Å². The van der Waals surface area contributed by atoms with Crippen LogP contribution in [0.1, 0.15) is 37.7 Å². The number of hydrogen-bond donors (Lipinski definition) is 3. The van der Waals surface area contributed by atoms with Gasteiger partial charge in [0.25, 0.3) is 0 Å². The number of hydrogen-bond acceptors (Lipinski definition) is 2. The van der Waals surface area contributed by atoms with E-state index in [4.69, 9.17) is 0 Å². The first-order valence-electron chi connectivity index (χ1n) is 7.98. The number of guanidine groups is 1. The van der Waals surface area contributed by atoms with Crippen molar-refractivity contribution >= 4 is 45.9 Å². The molecule has 2 fully saturated rings. The zero-order chi connectivity index (χ0) is 15.6. The molecule has 0 heterocycles. The van der Waals surface area contributed by atoms with Crippen molar-refractivity contribution in [1.82, 2.24) is 10.6 Å². The molecule has 0 radical (unpaired) electrons. The molecule has 0 aromatic heterocycles. The van der Waals surface area contributed by atoms with E-state index in [1.165, 1.54) is 18.4 Å². The third-order valence-corrected chi connectivity index (χ3v) is 5.47. The molecule has 3 N–H and O–H groups in total. The number of aliphatic imine (C=N–C) groups is 1. The lowest BCUT2D eigenvalue weighted by atomic mass is 9.80. The van der Waals surface area contributed by atoms with Gasteiger partial charge in [-0.15, -0.1) is 24.0 Å². The van der Waals surface area contributed by atoms with Gasteiger partial charge in [0.2, 0.25) is 0 Å². The van der Waals surface area contributed by atoms with Crippen molar-refractivity contribution in [2.24, 2.45) is 4.99 Å².